The molecule has 0 radical (unpaired) electrons. The number of carbonyl (C=O) groups is 2. The van der Waals surface area contributed by atoms with E-state index in [2.05, 4.69) is 55.6 Å². The molecule has 0 unspecified atom stereocenters. The zero-order valence-electron chi connectivity index (χ0n) is 14.3. The van der Waals surface area contributed by atoms with Gasteiger partial charge in [-0.15, -0.1) is 11.5 Å². The van der Waals surface area contributed by atoms with E-state index < -0.39 is 26.0 Å². The summed E-state index contributed by atoms with van der Waals surface area (Å²) in [6.07, 6.45) is 3.04. The van der Waals surface area contributed by atoms with Crippen molar-refractivity contribution in [2.24, 2.45) is 0 Å². The van der Waals surface area contributed by atoms with E-state index in [1.165, 1.54) is 6.20 Å². The predicted octanol–water partition coefficient (Wildman–Crippen LogP) is 2.71. The van der Waals surface area contributed by atoms with Gasteiger partial charge in [0.25, 0.3) is 5.91 Å². The quantitative estimate of drug-likeness (QED) is 0.656. The fraction of sp³-hybridized carbons (Fsp3) is 0.471. The van der Waals surface area contributed by atoms with E-state index in [0.29, 0.717) is 5.56 Å². The molecular formula is C17H24N2O3Si. The number of nitrogens with one attached hydrogen (secondary N) is 1. The monoisotopic (exact) mass is 332 g/mol. The van der Waals surface area contributed by atoms with Crippen LogP contribution in [0.1, 0.15) is 37.6 Å². The lowest BCUT2D eigenvalue weighted by atomic mass is 10.2. The van der Waals surface area contributed by atoms with Gasteiger partial charge in [-0.25, -0.2) is 4.79 Å². The zero-order chi connectivity index (χ0) is 17.7. The zero-order valence-corrected chi connectivity index (χ0v) is 15.3. The maximum atomic E-state index is 12.0. The second kappa shape index (κ2) is 7.42. The summed E-state index contributed by atoms with van der Waals surface area (Å²) in [5.74, 6) is 1.42. The number of hydrogen-bond acceptors (Lipinski definition) is 3. The molecule has 5 nitrogen and oxygen atoms in total. The number of rotatable bonds is 4. The summed E-state index contributed by atoms with van der Waals surface area (Å²) in [5, 5.41) is 11.9. The van der Waals surface area contributed by atoms with Crippen molar-refractivity contribution in [1.82, 2.24) is 10.3 Å². The van der Waals surface area contributed by atoms with Crippen LogP contribution in [0.25, 0.3) is 0 Å². The van der Waals surface area contributed by atoms with Gasteiger partial charge in [-0.05, 0) is 17.2 Å². The molecule has 0 aliphatic rings. The lowest BCUT2D eigenvalue weighted by Crippen LogP contribution is -2.41. The summed E-state index contributed by atoms with van der Waals surface area (Å²) in [4.78, 5) is 27.2. The van der Waals surface area contributed by atoms with E-state index in [9.17, 15) is 14.7 Å². The highest BCUT2D eigenvalue weighted by Crippen LogP contribution is 2.35. The number of aliphatic carboxylic acids is 1. The van der Waals surface area contributed by atoms with E-state index in [1.807, 2.05) is 0 Å². The van der Waals surface area contributed by atoms with E-state index in [4.69, 9.17) is 0 Å². The normalized spacial score (nSPS) is 12.7. The van der Waals surface area contributed by atoms with Gasteiger partial charge in [-0.1, -0.05) is 33.9 Å². The summed E-state index contributed by atoms with van der Waals surface area (Å²) in [7, 11) is -1.79. The summed E-state index contributed by atoms with van der Waals surface area (Å²) in [6.45, 7) is 10.8. The number of amides is 1. The predicted molar refractivity (Wildman–Crippen MR) is 92.7 cm³/mol. The van der Waals surface area contributed by atoms with E-state index in [1.54, 1.807) is 18.3 Å². The molecule has 1 heterocycles. The number of pyridine rings is 1. The average molecular weight is 332 g/mol. The van der Waals surface area contributed by atoms with Gasteiger partial charge in [0.1, 0.15) is 14.1 Å². The van der Waals surface area contributed by atoms with Crippen LogP contribution in [-0.4, -0.2) is 36.1 Å². The summed E-state index contributed by atoms with van der Waals surface area (Å²) >= 11 is 0. The molecule has 0 spiro atoms. The molecule has 0 aliphatic heterocycles. The molecule has 1 atom stereocenters. The third-order valence-electron chi connectivity index (χ3n) is 4.11. The molecule has 23 heavy (non-hydrogen) atoms. The standard InChI is InChI=1S/C17H24N2O3Si/c1-17(2,3)23(4,5)11-7-9-14(16(21)22)19-15(20)13-8-6-10-18-12-13/h6,8,10,12,14H,9H2,1-5H3,(H,19,20)(H,21,22)/t14-/m0/s1. The number of aromatic nitrogens is 1. The van der Waals surface area contributed by atoms with Crippen molar-refractivity contribution in [2.75, 3.05) is 0 Å². The molecule has 6 heteroatoms. The van der Waals surface area contributed by atoms with E-state index in [-0.39, 0.29) is 11.5 Å². The van der Waals surface area contributed by atoms with Crippen molar-refractivity contribution in [3.8, 4) is 11.5 Å². The number of nitrogens with zero attached hydrogens (tertiary/aromatic N) is 1. The Morgan fingerprint density at radius 1 is 1.39 bits per heavy atom. The Kier molecular flexibility index (Phi) is 6.10. The third kappa shape index (κ3) is 5.53. The molecule has 0 aromatic carbocycles. The third-order valence-corrected chi connectivity index (χ3v) is 8.66. The first-order valence-corrected chi connectivity index (χ1v) is 10.5. The van der Waals surface area contributed by atoms with Gasteiger partial charge in [-0.2, -0.15) is 0 Å². The highest BCUT2D eigenvalue weighted by atomic mass is 28.3. The van der Waals surface area contributed by atoms with Crippen LogP contribution < -0.4 is 5.32 Å². The highest BCUT2D eigenvalue weighted by molar-refractivity contribution is 6.87. The highest BCUT2D eigenvalue weighted by Gasteiger charge is 2.33. The summed E-state index contributed by atoms with van der Waals surface area (Å²) in [5.41, 5.74) is 3.59. The maximum absolute atomic E-state index is 12.0. The Balaban J connectivity index is 2.79. The van der Waals surface area contributed by atoms with Crippen LogP contribution in [0.4, 0.5) is 0 Å². The van der Waals surface area contributed by atoms with Crippen molar-refractivity contribution >= 4 is 20.0 Å². The number of carboxylic acid groups (broad SMARTS) is 1. The van der Waals surface area contributed by atoms with Gasteiger partial charge in [0.05, 0.1) is 5.56 Å². The van der Waals surface area contributed by atoms with Gasteiger partial charge in [0.2, 0.25) is 0 Å². The molecular weight excluding hydrogens is 308 g/mol. The van der Waals surface area contributed by atoms with Crippen LogP contribution in [-0.2, 0) is 4.79 Å². The minimum absolute atomic E-state index is 0.0911. The molecule has 2 N–H and O–H groups in total. The van der Waals surface area contributed by atoms with Crippen molar-refractivity contribution in [2.45, 2.75) is 51.4 Å². The fourth-order valence-corrected chi connectivity index (χ4v) is 2.42. The minimum Gasteiger partial charge on any atom is -0.480 e. The molecule has 0 saturated heterocycles. The lowest BCUT2D eigenvalue weighted by Gasteiger charge is -2.31. The first-order chi connectivity index (χ1) is 10.5. The van der Waals surface area contributed by atoms with Crippen LogP contribution in [0.5, 0.6) is 0 Å². The van der Waals surface area contributed by atoms with Gasteiger partial charge in [-0.3, -0.25) is 9.78 Å². The van der Waals surface area contributed by atoms with Crippen LogP contribution >= 0.6 is 0 Å². The number of hydrogen-bond donors (Lipinski definition) is 2. The topological polar surface area (TPSA) is 79.3 Å². The Labute approximate surface area is 138 Å². The maximum Gasteiger partial charge on any atom is 0.327 e. The SMILES string of the molecule is CC(C)(C)[Si](C)(C)C#CC[C@H](NC(=O)c1cccnc1)C(=O)O. The van der Waals surface area contributed by atoms with Crippen LogP contribution in [0, 0.1) is 11.5 Å². The number of carboxylic acids is 1. The molecule has 0 aliphatic carbocycles. The first-order valence-electron chi connectivity index (χ1n) is 7.48. The van der Waals surface area contributed by atoms with E-state index >= 15 is 0 Å². The first kappa shape index (κ1) is 18.9. The molecule has 0 bridgehead atoms. The Hall–Kier alpha value is -2.13. The molecule has 1 amide bonds. The Morgan fingerprint density at radius 3 is 2.52 bits per heavy atom. The fourth-order valence-electron chi connectivity index (χ4n) is 1.50. The summed E-state index contributed by atoms with van der Waals surface area (Å²) in [6, 6.07) is 2.18. The van der Waals surface area contributed by atoms with Gasteiger partial charge in [0, 0.05) is 18.8 Å². The molecule has 1 aromatic heterocycles. The van der Waals surface area contributed by atoms with Crippen LogP contribution in [0.3, 0.4) is 0 Å². The van der Waals surface area contributed by atoms with Crippen LogP contribution in [0.2, 0.25) is 18.1 Å². The Bertz CT molecular complexity index is 625. The van der Waals surface area contributed by atoms with Gasteiger partial charge in [0.15, 0.2) is 0 Å². The van der Waals surface area contributed by atoms with Gasteiger partial charge < -0.3 is 10.4 Å². The second-order valence-corrected chi connectivity index (χ2v) is 12.0. The van der Waals surface area contributed by atoms with Crippen molar-refractivity contribution in [3.05, 3.63) is 30.1 Å². The minimum atomic E-state index is -1.79. The van der Waals surface area contributed by atoms with Crippen LogP contribution in [0.15, 0.2) is 24.5 Å². The molecule has 124 valence electrons. The average Bonchev–Trinajstić information content (AvgIpc) is 2.45. The van der Waals surface area contributed by atoms with Crippen molar-refractivity contribution in [3.63, 3.8) is 0 Å². The van der Waals surface area contributed by atoms with E-state index in [0.717, 1.165) is 0 Å². The van der Waals surface area contributed by atoms with Gasteiger partial charge >= 0.3 is 5.97 Å². The Morgan fingerprint density at radius 2 is 2.04 bits per heavy atom. The summed E-state index contributed by atoms with van der Waals surface area (Å²) < 4.78 is 0. The molecule has 0 saturated carbocycles. The largest absolute Gasteiger partial charge is 0.480 e. The van der Waals surface area contributed by atoms with Crippen molar-refractivity contribution in [1.29, 1.82) is 0 Å². The molecule has 1 aromatic rings. The molecule has 1 rings (SSSR count). The van der Waals surface area contributed by atoms with Crippen molar-refractivity contribution < 1.29 is 14.7 Å². The molecule has 0 fully saturated rings. The second-order valence-electron chi connectivity index (χ2n) is 6.99. The smallest absolute Gasteiger partial charge is 0.327 e. The number of carbonyl (C=O) groups excluding carboxylic acids is 1. The lowest BCUT2D eigenvalue weighted by molar-refractivity contribution is -0.139.